The fourth-order valence-electron chi connectivity index (χ4n) is 3.84. The number of anilines is 3. The summed E-state index contributed by atoms with van der Waals surface area (Å²) >= 11 is 12.8. The molecular formula is C24H24Cl2FN5O. The summed E-state index contributed by atoms with van der Waals surface area (Å²) in [6, 6.07) is 11.6. The van der Waals surface area contributed by atoms with Crippen molar-refractivity contribution in [3.8, 4) is 0 Å². The Balaban J connectivity index is 1.58. The van der Waals surface area contributed by atoms with Crippen molar-refractivity contribution in [3.05, 3.63) is 81.3 Å². The van der Waals surface area contributed by atoms with Gasteiger partial charge in [-0.1, -0.05) is 23.2 Å². The Morgan fingerprint density at radius 2 is 1.85 bits per heavy atom. The molecule has 3 aromatic rings. The first-order valence-electron chi connectivity index (χ1n) is 10.5. The highest BCUT2D eigenvalue weighted by Crippen LogP contribution is 2.32. The zero-order valence-corrected chi connectivity index (χ0v) is 19.6. The molecule has 1 aromatic heterocycles. The number of carbonyl (C=O) groups excluding carboxylic acids is 1. The molecule has 0 bridgehead atoms. The van der Waals surface area contributed by atoms with Crippen molar-refractivity contribution < 1.29 is 9.18 Å². The number of nitrogens with two attached hydrogens (primary N) is 1. The van der Waals surface area contributed by atoms with Gasteiger partial charge in [-0.3, -0.25) is 4.79 Å². The Morgan fingerprint density at radius 3 is 2.55 bits per heavy atom. The lowest BCUT2D eigenvalue weighted by atomic mass is 10.0. The molecule has 0 radical (unpaired) electrons. The van der Waals surface area contributed by atoms with Crippen LogP contribution in [0.3, 0.4) is 0 Å². The van der Waals surface area contributed by atoms with Crippen LogP contribution in [0.25, 0.3) is 0 Å². The molecule has 0 spiro atoms. The minimum Gasteiger partial charge on any atom is -0.368 e. The van der Waals surface area contributed by atoms with Gasteiger partial charge in [-0.15, -0.1) is 0 Å². The second-order valence-corrected chi connectivity index (χ2v) is 8.91. The van der Waals surface area contributed by atoms with Gasteiger partial charge in [0, 0.05) is 49.5 Å². The Bertz CT molecular complexity index is 1180. The van der Waals surface area contributed by atoms with E-state index in [1.807, 2.05) is 18.2 Å². The fraction of sp³-hybridized carbons (Fsp3) is 0.250. The quantitative estimate of drug-likeness (QED) is 0.526. The summed E-state index contributed by atoms with van der Waals surface area (Å²) in [5, 5.41) is 4.27. The van der Waals surface area contributed by atoms with Gasteiger partial charge in [0.05, 0.1) is 16.4 Å². The van der Waals surface area contributed by atoms with Gasteiger partial charge >= 0.3 is 0 Å². The van der Waals surface area contributed by atoms with E-state index >= 15 is 0 Å². The normalized spacial score (nSPS) is 14.4. The van der Waals surface area contributed by atoms with E-state index < -0.39 is 5.91 Å². The molecule has 2 heterocycles. The van der Waals surface area contributed by atoms with Gasteiger partial charge in [0.1, 0.15) is 5.82 Å². The van der Waals surface area contributed by atoms with Crippen molar-refractivity contribution in [1.82, 2.24) is 9.88 Å². The summed E-state index contributed by atoms with van der Waals surface area (Å²) < 4.78 is 13.6. The summed E-state index contributed by atoms with van der Waals surface area (Å²) in [6.45, 7) is 3.77. The molecule has 1 aliphatic heterocycles. The summed E-state index contributed by atoms with van der Waals surface area (Å²) in [4.78, 5) is 20.7. The Labute approximate surface area is 202 Å². The molecule has 4 rings (SSSR count). The van der Waals surface area contributed by atoms with Crippen molar-refractivity contribution in [2.24, 2.45) is 5.73 Å². The molecule has 172 valence electrons. The SMILES string of the molecule is CN1CCN(c2ccc(Nc3cc(Cc4cc(F)ccc4Cl)cnc3C(N)=O)cc2Cl)CC1. The van der Waals surface area contributed by atoms with Crippen LogP contribution in [0.2, 0.25) is 10.0 Å². The summed E-state index contributed by atoms with van der Waals surface area (Å²) in [7, 11) is 2.10. The lowest BCUT2D eigenvalue weighted by Crippen LogP contribution is -2.44. The maximum atomic E-state index is 13.6. The molecule has 2 aromatic carbocycles. The summed E-state index contributed by atoms with van der Waals surface area (Å²) in [6.07, 6.45) is 1.89. The highest BCUT2D eigenvalue weighted by molar-refractivity contribution is 6.33. The zero-order chi connectivity index (χ0) is 23.5. The van der Waals surface area contributed by atoms with Crippen LogP contribution in [-0.4, -0.2) is 49.0 Å². The van der Waals surface area contributed by atoms with Crippen LogP contribution in [0.15, 0.2) is 48.7 Å². The molecule has 6 nitrogen and oxygen atoms in total. The molecule has 1 amide bonds. The largest absolute Gasteiger partial charge is 0.368 e. The van der Waals surface area contributed by atoms with Crippen LogP contribution in [0.5, 0.6) is 0 Å². The lowest BCUT2D eigenvalue weighted by Gasteiger charge is -2.34. The van der Waals surface area contributed by atoms with Gasteiger partial charge in [-0.25, -0.2) is 9.37 Å². The second-order valence-electron chi connectivity index (χ2n) is 8.10. The number of nitrogens with one attached hydrogen (secondary N) is 1. The Kier molecular flexibility index (Phi) is 7.02. The average Bonchev–Trinajstić information content (AvgIpc) is 2.77. The Morgan fingerprint density at radius 1 is 1.09 bits per heavy atom. The van der Waals surface area contributed by atoms with Gasteiger partial charge in [0.25, 0.3) is 5.91 Å². The van der Waals surface area contributed by atoms with Crippen molar-refractivity contribution >= 4 is 46.2 Å². The third kappa shape index (κ3) is 5.55. The van der Waals surface area contributed by atoms with Crippen LogP contribution in [-0.2, 0) is 6.42 Å². The first kappa shape index (κ1) is 23.3. The van der Waals surface area contributed by atoms with E-state index in [9.17, 15) is 9.18 Å². The molecule has 0 unspecified atom stereocenters. The van der Waals surface area contributed by atoms with Crippen LogP contribution in [0.1, 0.15) is 21.6 Å². The number of rotatable bonds is 6. The topological polar surface area (TPSA) is 74.5 Å². The minimum atomic E-state index is -0.659. The van der Waals surface area contributed by atoms with Gasteiger partial charge in [0.2, 0.25) is 0 Å². The third-order valence-corrected chi connectivity index (χ3v) is 6.32. The van der Waals surface area contributed by atoms with Crippen LogP contribution in [0, 0.1) is 5.82 Å². The third-order valence-electron chi connectivity index (χ3n) is 5.65. The molecule has 3 N–H and O–H groups in total. The molecule has 9 heteroatoms. The molecule has 1 fully saturated rings. The van der Waals surface area contributed by atoms with Gasteiger partial charge in [-0.2, -0.15) is 0 Å². The number of carbonyl (C=O) groups is 1. The van der Waals surface area contributed by atoms with Gasteiger partial charge in [-0.05, 0) is 60.6 Å². The first-order valence-corrected chi connectivity index (χ1v) is 11.3. The van der Waals surface area contributed by atoms with Crippen molar-refractivity contribution in [1.29, 1.82) is 0 Å². The van der Waals surface area contributed by atoms with Gasteiger partial charge < -0.3 is 20.9 Å². The van der Waals surface area contributed by atoms with E-state index in [1.54, 1.807) is 6.07 Å². The number of piperazine rings is 1. The smallest absolute Gasteiger partial charge is 0.269 e. The molecule has 1 saturated heterocycles. The van der Waals surface area contributed by atoms with E-state index in [4.69, 9.17) is 28.9 Å². The van der Waals surface area contributed by atoms with Crippen molar-refractivity contribution in [2.45, 2.75) is 6.42 Å². The molecule has 1 aliphatic rings. The zero-order valence-electron chi connectivity index (χ0n) is 18.1. The summed E-state index contributed by atoms with van der Waals surface area (Å²) in [5.41, 5.74) is 9.10. The van der Waals surface area contributed by atoms with Crippen LogP contribution >= 0.6 is 23.2 Å². The minimum absolute atomic E-state index is 0.100. The van der Waals surface area contributed by atoms with E-state index in [-0.39, 0.29) is 11.5 Å². The summed E-state index contributed by atoms with van der Waals surface area (Å²) in [5.74, 6) is -1.03. The molecule has 0 saturated carbocycles. The molecule has 0 atom stereocenters. The predicted molar refractivity (Wildman–Crippen MR) is 131 cm³/mol. The number of pyridine rings is 1. The average molecular weight is 488 g/mol. The van der Waals surface area contributed by atoms with E-state index in [2.05, 4.69) is 27.1 Å². The number of aromatic nitrogens is 1. The highest BCUT2D eigenvalue weighted by atomic mass is 35.5. The van der Waals surface area contributed by atoms with Crippen LogP contribution in [0.4, 0.5) is 21.5 Å². The van der Waals surface area contributed by atoms with Gasteiger partial charge in [0.15, 0.2) is 5.69 Å². The maximum Gasteiger partial charge on any atom is 0.269 e. The monoisotopic (exact) mass is 487 g/mol. The predicted octanol–water partition coefficient (Wildman–Crippen LogP) is 4.71. The lowest BCUT2D eigenvalue weighted by molar-refractivity contribution is 0.0996. The number of hydrogen-bond acceptors (Lipinski definition) is 5. The number of primary amides is 1. The number of halogens is 3. The first-order chi connectivity index (χ1) is 15.8. The number of benzene rings is 2. The fourth-order valence-corrected chi connectivity index (χ4v) is 4.32. The Hall–Kier alpha value is -2.87. The molecule has 0 aliphatic carbocycles. The standard InChI is InChI=1S/C24H24Cl2FN5O/c1-31-6-8-32(9-7-31)22-5-3-18(13-20(22)26)30-21-11-15(14-29-23(21)24(28)33)10-16-12-17(27)2-4-19(16)25/h2-5,11-14,30H,6-10H2,1H3,(H2,28,33). The number of nitrogens with zero attached hydrogens (tertiary/aromatic N) is 3. The number of hydrogen-bond donors (Lipinski definition) is 2. The van der Waals surface area contributed by atoms with E-state index in [0.717, 1.165) is 37.4 Å². The van der Waals surface area contributed by atoms with E-state index in [1.165, 1.54) is 24.4 Å². The van der Waals surface area contributed by atoms with Crippen molar-refractivity contribution in [2.75, 3.05) is 43.4 Å². The van der Waals surface area contributed by atoms with Crippen molar-refractivity contribution in [3.63, 3.8) is 0 Å². The molecular weight excluding hydrogens is 464 g/mol. The highest BCUT2D eigenvalue weighted by Gasteiger charge is 2.18. The van der Waals surface area contributed by atoms with E-state index in [0.29, 0.717) is 33.4 Å². The second kappa shape index (κ2) is 9.95. The molecule has 33 heavy (non-hydrogen) atoms. The number of likely N-dealkylation sites (N-methyl/N-ethyl adjacent to an activating group) is 1. The maximum absolute atomic E-state index is 13.6. The number of amides is 1. The van der Waals surface area contributed by atoms with Crippen LogP contribution < -0.4 is 16.0 Å².